The summed E-state index contributed by atoms with van der Waals surface area (Å²) in [5.41, 5.74) is 39.3. The number of carbonyl (C=O) groups excluding carboxylic acids is 11. The van der Waals surface area contributed by atoms with Crippen LogP contribution in [0.15, 0.2) is 113 Å². The number of nitro groups is 1. The summed E-state index contributed by atoms with van der Waals surface area (Å²) >= 11 is 0. The van der Waals surface area contributed by atoms with E-state index < -0.39 is 142 Å². The van der Waals surface area contributed by atoms with Gasteiger partial charge < -0.3 is 91.2 Å². The highest BCUT2D eigenvalue weighted by Gasteiger charge is 2.45. The van der Waals surface area contributed by atoms with Crippen LogP contribution in [0.25, 0.3) is 0 Å². The van der Waals surface area contributed by atoms with Crippen molar-refractivity contribution < 1.29 is 67.9 Å². The number of nitro benzene ring substituents is 1. The van der Waals surface area contributed by atoms with Crippen LogP contribution in [-0.4, -0.2) is 201 Å². The fourth-order valence-electron chi connectivity index (χ4n) is 12.0. The fraction of sp³-hybridized carbons (Fsp3) is 0.431. The fourth-order valence-corrected chi connectivity index (χ4v) is 12.0. The molecule has 3 aliphatic rings. The smallest absolute Gasteiger partial charge is 0.334 e. The molecule has 3 fully saturated rings. The molecule has 22 N–H and O–H groups in total. The van der Waals surface area contributed by atoms with E-state index in [1.807, 2.05) is 0 Å². The van der Waals surface area contributed by atoms with Gasteiger partial charge in [-0.3, -0.25) is 73.5 Å². The van der Waals surface area contributed by atoms with Crippen LogP contribution in [0, 0.1) is 10.1 Å². The highest BCUT2D eigenvalue weighted by molar-refractivity contribution is 6.00. The van der Waals surface area contributed by atoms with E-state index >= 15 is 0 Å². The van der Waals surface area contributed by atoms with Crippen molar-refractivity contribution >= 4 is 88.4 Å². The molecule has 0 unspecified atom stereocenters. The van der Waals surface area contributed by atoms with E-state index in [0.29, 0.717) is 36.1 Å². The second-order valence-electron chi connectivity index (χ2n) is 24.2. The Kier molecular flexibility index (Phi) is 27.7. The molecule has 3 aliphatic heterocycles. The number of phenolic OH excluding ortho intramolecular Hbond substituents is 1. The number of aliphatic imine (C=N–C) groups is 2. The number of guanidine groups is 2. The zero-order chi connectivity index (χ0) is 72.6. The van der Waals surface area contributed by atoms with Crippen LogP contribution in [-0.2, 0) is 62.4 Å². The molecule has 0 spiro atoms. The van der Waals surface area contributed by atoms with Gasteiger partial charge in [0.15, 0.2) is 17.7 Å². The number of nitrogens with two attached hydrogens (primary N) is 6. The van der Waals surface area contributed by atoms with Crippen molar-refractivity contribution in [1.29, 1.82) is 0 Å². The summed E-state index contributed by atoms with van der Waals surface area (Å²) in [6.45, 7) is -0.558. The number of primary amides is 1. The Morgan fingerprint density at radius 3 is 1.56 bits per heavy atom. The number of hydrazine groups is 1. The van der Waals surface area contributed by atoms with Gasteiger partial charge in [-0.2, -0.15) is 0 Å². The summed E-state index contributed by atoms with van der Waals surface area (Å²) in [5.74, 6) is -9.01. The van der Waals surface area contributed by atoms with Gasteiger partial charge in [0.25, 0.3) is 11.8 Å². The summed E-state index contributed by atoms with van der Waals surface area (Å²) in [5, 5.41) is 47.8. The molecule has 12 amide bonds. The molecular weight excluding hydrogens is 1300 g/mol. The van der Waals surface area contributed by atoms with Gasteiger partial charge in [-0.25, -0.2) is 10.2 Å². The highest BCUT2D eigenvalue weighted by atomic mass is 16.6. The summed E-state index contributed by atoms with van der Waals surface area (Å²) in [4.78, 5) is 177. The lowest BCUT2D eigenvalue weighted by atomic mass is 10.0. The number of likely N-dealkylation sites (tertiary alicyclic amines) is 3. The van der Waals surface area contributed by atoms with Gasteiger partial charge in [0, 0.05) is 69.3 Å². The average Bonchev–Trinajstić information content (AvgIpc) is 1.63. The molecule has 0 aliphatic carbocycles. The number of phenols is 1. The van der Waals surface area contributed by atoms with Gasteiger partial charge in [-0.05, 0) is 111 Å². The molecule has 4 aromatic carbocycles. The highest BCUT2D eigenvalue weighted by Crippen LogP contribution is 2.29. The monoisotopic (exact) mass is 1390 g/mol. The summed E-state index contributed by atoms with van der Waals surface area (Å²) in [7, 11) is 0. The lowest BCUT2D eigenvalue weighted by molar-refractivity contribution is -0.385. The standard InChI is InChI=1S/C65H86N20O15/c66-41-24-22-40(23-25-41)54(89)75-43(17-8-28-73-64(70)71)60(95)84-31-11-20-50(84)62(97)83-30-10-19-49(83)59(94)80-81-65(98)79-46(33-38-14-5-2-6-15-38)57(92)78-47(36-86)61(96)82-29-9-18-48(82)58(93)77-45(32-37-12-3-1-4-13-37)56(91)74-42(16-7-27-72-63(68)69)55(90)76-44(53(67)88)34-39-21-26-52(87)51(35-39)85(99)100/h1-6,12-15,21-26,35,42-50,86-87H,7-11,16-20,27-34,36,66H2,(H2,67,88)(H,74,91)(H,75,89)(H,76,90)(H,77,93)(H,78,92)(H,80,94)(H4,68,69,72)(H4,70,71,73)(H2,79,81,98)/t42-,43-,44-,45-,46-,47-,48-,49-,50-/m0/s1. The molecule has 9 atom stereocenters. The Bertz CT molecular complexity index is 3650. The molecule has 0 saturated carbocycles. The third-order valence-electron chi connectivity index (χ3n) is 17.1. The van der Waals surface area contributed by atoms with Crippen LogP contribution < -0.4 is 77.2 Å². The number of anilines is 1. The van der Waals surface area contributed by atoms with Gasteiger partial charge >= 0.3 is 11.7 Å². The average molecular weight is 1390 g/mol. The number of aliphatic hydroxyl groups is 1. The maximum Gasteiger partial charge on any atom is 0.334 e. The van der Waals surface area contributed by atoms with E-state index in [0.717, 1.165) is 17.0 Å². The number of nitrogens with zero attached hydrogens (tertiary/aromatic N) is 6. The molecule has 35 heteroatoms. The van der Waals surface area contributed by atoms with Crippen molar-refractivity contribution in [3.05, 3.63) is 135 Å². The Labute approximate surface area is 574 Å². The zero-order valence-corrected chi connectivity index (χ0v) is 54.8. The van der Waals surface area contributed by atoms with Crippen molar-refractivity contribution in [2.75, 3.05) is 45.1 Å². The molecule has 536 valence electrons. The maximum absolute atomic E-state index is 14.5. The van der Waals surface area contributed by atoms with Gasteiger partial charge in [0.05, 0.1) is 11.5 Å². The number of aliphatic hydroxyl groups excluding tert-OH is 1. The zero-order valence-electron chi connectivity index (χ0n) is 54.8. The van der Waals surface area contributed by atoms with E-state index in [1.54, 1.807) is 60.7 Å². The molecule has 3 saturated heterocycles. The van der Waals surface area contributed by atoms with Crippen LogP contribution in [0.4, 0.5) is 16.2 Å². The van der Waals surface area contributed by atoms with E-state index in [2.05, 4.69) is 52.7 Å². The Morgan fingerprint density at radius 1 is 0.530 bits per heavy atom. The third-order valence-corrected chi connectivity index (χ3v) is 17.1. The first-order chi connectivity index (χ1) is 47.8. The minimum absolute atomic E-state index is 0.00414. The quantitative estimate of drug-likeness (QED) is 0.00575. The van der Waals surface area contributed by atoms with E-state index in [1.165, 1.54) is 40.1 Å². The Balaban J connectivity index is 0.998. The number of amides is 12. The topological polar surface area (TPSA) is 558 Å². The second-order valence-corrected chi connectivity index (χ2v) is 24.2. The van der Waals surface area contributed by atoms with Crippen LogP contribution >= 0.6 is 0 Å². The van der Waals surface area contributed by atoms with Crippen LogP contribution in [0.2, 0.25) is 0 Å². The largest absolute Gasteiger partial charge is 0.502 e. The van der Waals surface area contributed by atoms with Gasteiger partial charge in [0.1, 0.15) is 54.4 Å². The number of hydrogen-bond donors (Lipinski definition) is 16. The summed E-state index contributed by atoms with van der Waals surface area (Å²) in [6.07, 6.45) is 1.27. The van der Waals surface area contributed by atoms with Crippen molar-refractivity contribution in [2.45, 2.75) is 138 Å². The van der Waals surface area contributed by atoms with Crippen molar-refractivity contribution in [1.82, 2.24) is 57.5 Å². The summed E-state index contributed by atoms with van der Waals surface area (Å²) in [6, 6.07) is 13.2. The molecule has 100 heavy (non-hydrogen) atoms. The number of hydrogen-bond acceptors (Lipinski definition) is 18. The number of rotatable bonds is 32. The summed E-state index contributed by atoms with van der Waals surface area (Å²) < 4.78 is 0. The second kappa shape index (κ2) is 36.6. The Morgan fingerprint density at radius 2 is 1.01 bits per heavy atom. The lowest BCUT2D eigenvalue weighted by Gasteiger charge is -2.33. The number of aromatic hydroxyl groups is 1. The van der Waals surface area contributed by atoms with Crippen LogP contribution in [0.3, 0.4) is 0 Å². The minimum Gasteiger partial charge on any atom is -0.502 e. The van der Waals surface area contributed by atoms with Gasteiger partial charge in [-0.15, -0.1) is 0 Å². The first-order valence-electron chi connectivity index (χ1n) is 32.5. The van der Waals surface area contributed by atoms with E-state index in [-0.39, 0.29) is 120 Å². The molecule has 35 nitrogen and oxygen atoms in total. The van der Waals surface area contributed by atoms with Gasteiger partial charge in [-0.1, -0.05) is 66.7 Å². The maximum atomic E-state index is 14.5. The molecule has 4 aromatic rings. The predicted molar refractivity (Wildman–Crippen MR) is 362 cm³/mol. The van der Waals surface area contributed by atoms with Crippen molar-refractivity contribution in [3.8, 4) is 5.75 Å². The predicted octanol–water partition coefficient (Wildman–Crippen LogP) is -3.09. The molecule has 0 aromatic heterocycles. The normalized spacial score (nSPS) is 17.3. The van der Waals surface area contributed by atoms with E-state index in [4.69, 9.17) is 34.4 Å². The van der Waals surface area contributed by atoms with E-state index in [9.17, 15) is 73.1 Å². The molecular formula is C65H86N20O15. The third kappa shape index (κ3) is 21.7. The molecule has 3 heterocycles. The first-order valence-corrected chi connectivity index (χ1v) is 32.5. The molecule has 0 bridgehead atoms. The van der Waals surface area contributed by atoms with Crippen LogP contribution in [0.1, 0.15) is 91.3 Å². The number of nitrogen functional groups attached to an aromatic ring is 1. The molecule has 7 rings (SSSR count). The molecule has 0 radical (unpaired) electrons. The number of carbonyl (C=O) groups is 11. The minimum atomic E-state index is -1.70. The van der Waals surface area contributed by atoms with Crippen LogP contribution in [0.5, 0.6) is 5.75 Å². The first kappa shape index (κ1) is 75.7. The number of benzene rings is 4. The number of urea groups is 1. The Hall–Kier alpha value is -11.7. The SMILES string of the molecule is NC(=O)[C@H](Cc1ccc(O)c([N+](=O)[O-])c1)NC(=O)[C@H](CCCN=C(N)N)NC(=O)[C@H](Cc1ccccc1)NC(=O)[C@@H]1CCCN1C(=O)[C@H](CO)NC(=O)[C@H](Cc1ccccc1)NC(=O)NNC(=O)[C@@H]1CCCN1C(=O)[C@@H]1CCCN1C(=O)[C@H](CCCN=C(N)N)NC(=O)c1ccc(N)cc1. The van der Waals surface area contributed by atoms with Crippen molar-refractivity contribution in [3.63, 3.8) is 0 Å². The lowest BCUT2D eigenvalue weighted by Crippen LogP contribution is -2.61. The number of nitrogens with one attached hydrogen (secondary N) is 8. The van der Waals surface area contributed by atoms with Crippen molar-refractivity contribution in [2.24, 2.45) is 38.7 Å². The van der Waals surface area contributed by atoms with Gasteiger partial charge in [0.2, 0.25) is 47.3 Å².